The summed E-state index contributed by atoms with van der Waals surface area (Å²) in [4.78, 5) is 8.73. The first-order valence-electron chi connectivity index (χ1n) is 7.21. The van der Waals surface area contributed by atoms with Crippen LogP contribution in [0.25, 0.3) is 16.7 Å². The molecule has 1 aromatic carbocycles. The zero-order valence-corrected chi connectivity index (χ0v) is 12.5. The molecule has 21 heavy (non-hydrogen) atoms. The molecule has 3 rings (SSSR count). The lowest BCUT2D eigenvalue weighted by Crippen LogP contribution is -2.14. The van der Waals surface area contributed by atoms with E-state index in [0.29, 0.717) is 6.04 Å². The molecule has 0 saturated heterocycles. The molecule has 2 aromatic heterocycles. The maximum Gasteiger partial charge on any atom is 0.168 e. The van der Waals surface area contributed by atoms with Crippen LogP contribution in [0.4, 0.5) is 5.82 Å². The first kappa shape index (κ1) is 13.5. The summed E-state index contributed by atoms with van der Waals surface area (Å²) in [6.07, 6.45) is 4.45. The summed E-state index contributed by atoms with van der Waals surface area (Å²) < 4.78 is 1.85. The van der Waals surface area contributed by atoms with E-state index in [4.69, 9.17) is 0 Å². The molecular weight excluding hydrogens is 262 g/mol. The van der Waals surface area contributed by atoms with E-state index >= 15 is 0 Å². The van der Waals surface area contributed by atoms with Crippen molar-refractivity contribution in [3.8, 4) is 5.69 Å². The zero-order valence-electron chi connectivity index (χ0n) is 12.5. The number of nitrogens with one attached hydrogen (secondary N) is 1. The van der Waals surface area contributed by atoms with E-state index in [9.17, 15) is 0 Å². The van der Waals surface area contributed by atoms with Gasteiger partial charge in [-0.05, 0) is 38.0 Å². The van der Waals surface area contributed by atoms with Gasteiger partial charge in [-0.25, -0.2) is 14.6 Å². The second-order valence-electron chi connectivity index (χ2n) is 5.31. The first-order chi connectivity index (χ1) is 10.2. The highest BCUT2D eigenvalue weighted by Gasteiger charge is 2.12. The van der Waals surface area contributed by atoms with Crippen LogP contribution < -0.4 is 5.32 Å². The van der Waals surface area contributed by atoms with Crippen LogP contribution in [0.5, 0.6) is 0 Å². The van der Waals surface area contributed by atoms with E-state index < -0.39 is 0 Å². The van der Waals surface area contributed by atoms with Crippen LogP contribution in [0.3, 0.4) is 0 Å². The maximum atomic E-state index is 4.47. The lowest BCUT2D eigenvalue weighted by molar-refractivity contribution is 0.760. The fraction of sp³-hybridized carbons (Fsp3) is 0.312. The average molecular weight is 281 g/mol. The summed E-state index contributed by atoms with van der Waals surface area (Å²) in [6.45, 7) is 6.35. The van der Waals surface area contributed by atoms with Crippen LogP contribution in [-0.4, -0.2) is 25.8 Å². The minimum atomic E-state index is 0.366. The molecule has 0 bridgehead atoms. The van der Waals surface area contributed by atoms with E-state index in [0.717, 1.165) is 29.0 Å². The molecule has 108 valence electrons. The highest BCUT2D eigenvalue weighted by Crippen LogP contribution is 2.22. The van der Waals surface area contributed by atoms with Crippen molar-refractivity contribution < 1.29 is 0 Å². The molecule has 0 aliphatic carbocycles. The minimum Gasteiger partial charge on any atom is -0.367 e. The van der Waals surface area contributed by atoms with Crippen LogP contribution in [0, 0.1) is 6.92 Å². The molecule has 1 N–H and O–H groups in total. The number of hydrogen-bond donors (Lipinski definition) is 1. The number of rotatable bonds is 4. The Bertz CT molecular complexity index is 762. The van der Waals surface area contributed by atoms with Crippen molar-refractivity contribution >= 4 is 16.9 Å². The van der Waals surface area contributed by atoms with Crippen molar-refractivity contribution in [1.29, 1.82) is 0 Å². The summed E-state index contributed by atoms with van der Waals surface area (Å²) in [6, 6.07) is 8.59. The predicted molar refractivity (Wildman–Crippen MR) is 84.8 cm³/mol. The highest BCUT2D eigenvalue weighted by molar-refractivity contribution is 5.87. The summed E-state index contributed by atoms with van der Waals surface area (Å²) in [7, 11) is 0. The Kier molecular flexibility index (Phi) is 3.56. The zero-order chi connectivity index (χ0) is 14.8. The number of fused-ring (bicyclic) bond motifs is 1. The molecule has 0 aliphatic rings. The fourth-order valence-corrected chi connectivity index (χ4v) is 2.24. The molecule has 1 atom stereocenters. The van der Waals surface area contributed by atoms with E-state index in [1.165, 1.54) is 5.56 Å². The molecule has 2 heterocycles. The van der Waals surface area contributed by atoms with Crippen molar-refractivity contribution in [3.63, 3.8) is 0 Å². The van der Waals surface area contributed by atoms with Gasteiger partial charge >= 0.3 is 0 Å². The Hall–Kier alpha value is -2.43. The van der Waals surface area contributed by atoms with Gasteiger partial charge in [0.25, 0.3) is 0 Å². The standard InChI is InChI=1S/C16H19N5/c1-4-12(3)20-15-14-9-19-21(16(14)18-10-17-15)13-7-5-6-11(2)8-13/h5-10,12H,4H2,1-3H3,(H,17,18,20). The summed E-state index contributed by atoms with van der Waals surface area (Å²) >= 11 is 0. The summed E-state index contributed by atoms with van der Waals surface area (Å²) in [5.74, 6) is 0.841. The molecule has 0 radical (unpaired) electrons. The predicted octanol–water partition coefficient (Wildman–Crippen LogP) is 3.33. The Labute approximate surface area is 124 Å². The number of anilines is 1. The van der Waals surface area contributed by atoms with Crippen molar-refractivity contribution in [3.05, 3.63) is 42.4 Å². The van der Waals surface area contributed by atoms with Gasteiger partial charge in [-0.3, -0.25) is 0 Å². The third-order valence-electron chi connectivity index (χ3n) is 3.61. The number of hydrogen-bond acceptors (Lipinski definition) is 4. The number of aromatic nitrogens is 4. The molecular formula is C16H19N5. The Morgan fingerprint density at radius 3 is 2.90 bits per heavy atom. The highest BCUT2D eigenvalue weighted by atomic mass is 15.3. The number of nitrogens with zero attached hydrogens (tertiary/aromatic N) is 4. The van der Waals surface area contributed by atoms with E-state index in [2.05, 4.69) is 53.3 Å². The van der Waals surface area contributed by atoms with Gasteiger partial charge < -0.3 is 5.32 Å². The molecule has 3 aromatic rings. The Balaban J connectivity index is 2.09. The maximum absolute atomic E-state index is 4.47. The Morgan fingerprint density at radius 2 is 2.14 bits per heavy atom. The normalized spacial score (nSPS) is 12.5. The van der Waals surface area contributed by atoms with Crippen LogP contribution in [-0.2, 0) is 0 Å². The van der Waals surface area contributed by atoms with Crippen molar-refractivity contribution in [2.24, 2.45) is 0 Å². The lowest BCUT2D eigenvalue weighted by atomic mass is 10.2. The third-order valence-corrected chi connectivity index (χ3v) is 3.61. The summed E-state index contributed by atoms with van der Waals surface area (Å²) in [5.41, 5.74) is 3.03. The molecule has 0 saturated carbocycles. The smallest absolute Gasteiger partial charge is 0.168 e. The Morgan fingerprint density at radius 1 is 1.29 bits per heavy atom. The quantitative estimate of drug-likeness (QED) is 0.797. The molecule has 5 nitrogen and oxygen atoms in total. The van der Waals surface area contributed by atoms with Gasteiger partial charge in [0.05, 0.1) is 17.3 Å². The molecule has 0 amide bonds. The molecule has 1 unspecified atom stereocenters. The fourth-order valence-electron chi connectivity index (χ4n) is 2.24. The van der Waals surface area contributed by atoms with Gasteiger partial charge in [0.15, 0.2) is 5.65 Å². The second kappa shape index (κ2) is 5.52. The first-order valence-corrected chi connectivity index (χ1v) is 7.21. The van der Waals surface area contributed by atoms with E-state index in [1.807, 2.05) is 23.0 Å². The van der Waals surface area contributed by atoms with Crippen LogP contribution in [0.2, 0.25) is 0 Å². The van der Waals surface area contributed by atoms with Gasteiger partial charge in [0.2, 0.25) is 0 Å². The van der Waals surface area contributed by atoms with Crippen molar-refractivity contribution in [1.82, 2.24) is 19.7 Å². The molecule has 5 heteroatoms. The molecule has 0 spiro atoms. The van der Waals surface area contributed by atoms with Crippen LogP contribution in [0.1, 0.15) is 25.8 Å². The van der Waals surface area contributed by atoms with Gasteiger partial charge in [0.1, 0.15) is 12.1 Å². The summed E-state index contributed by atoms with van der Waals surface area (Å²) in [5, 5.41) is 8.82. The third kappa shape index (κ3) is 2.59. The van der Waals surface area contributed by atoms with Crippen LogP contribution in [0.15, 0.2) is 36.8 Å². The van der Waals surface area contributed by atoms with Crippen molar-refractivity contribution in [2.45, 2.75) is 33.2 Å². The van der Waals surface area contributed by atoms with Gasteiger partial charge in [-0.1, -0.05) is 19.1 Å². The molecule has 0 aliphatic heterocycles. The van der Waals surface area contributed by atoms with Gasteiger partial charge in [-0.2, -0.15) is 5.10 Å². The number of aryl methyl sites for hydroxylation is 1. The second-order valence-corrected chi connectivity index (χ2v) is 5.31. The lowest BCUT2D eigenvalue weighted by Gasteiger charge is -2.12. The minimum absolute atomic E-state index is 0.366. The largest absolute Gasteiger partial charge is 0.367 e. The van der Waals surface area contributed by atoms with Crippen molar-refractivity contribution in [2.75, 3.05) is 5.32 Å². The SMILES string of the molecule is CCC(C)Nc1ncnc2c1cnn2-c1cccc(C)c1. The average Bonchev–Trinajstić information content (AvgIpc) is 2.92. The van der Waals surface area contributed by atoms with Gasteiger partial charge in [0, 0.05) is 6.04 Å². The van der Waals surface area contributed by atoms with Crippen LogP contribution >= 0.6 is 0 Å². The number of benzene rings is 1. The molecule has 0 fully saturated rings. The topological polar surface area (TPSA) is 55.6 Å². The monoisotopic (exact) mass is 281 g/mol. The van der Waals surface area contributed by atoms with E-state index in [-0.39, 0.29) is 0 Å². The van der Waals surface area contributed by atoms with Gasteiger partial charge in [-0.15, -0.1) is 0 Å². The van der Waals surface area contributed by atoms with E-state index in [1.54, 1.807) is 6.33 Å².